The van der Waals surface area contributed by atoms with Crippen LogP contribution in [0.4, 0.5) is 0 Å². The lowest BCUT2D eigenvalue weighted by molar-refractivity contribution is 0.187. The predicted octanol–water partition coefficient (Wildman–Crippen LogP) is 1.40. The molecule has 0 unspecified atom stereocenters. The van der Waals surface area contributed by atoms with Crippen molar-refractivity contribution in [2.24, 2.45) is 10.9 Å². The highest BCUT2D eigenvalue weighted by atomic mass is 32.2. The van der Waals surface area contributed by atoms with Gasteiger partial charge in [0.2, 0.25) is 10.0 Å². The first kappa shape index (κ1) is 24.6. The van der Waals surface area contributed by atoms with Crippen LogP contribution in [-0.2, 0) is 21.3 Å². The van der Waals surface area contributed by atoms with E-state index in [1.54, 1.807) is 25.2 Å². The van der Waals surface area contributed by atoms with Crippen LogP contribution in [0.15, 0.2) is 34.2 Å². The van der Waals surface area contributed by atoms with Gasteiger partial charge in [0, 0.05) is 52.9 Å². The molecule has 1 saturated heterocycles. The number of nitrogens with zero attached hydrogens (tertiary/aromatic N) is 2. The molecule has 3 N–H and O–H groups in total. The molecule has 0 amide bonds. The Morgan fingerprint density at radius 2 is 2.03 bits per heavy atom. The zero-order chi connectivity index (χ0) is 22.0. The Hall–Kier alpha value is -1.68. The molecule has 8 nitrogen and oxygen atoms in total. The minimum absolute atomic E-state index is 0.244. The third-order valence-electron chi connectivity index (χ3n) is 5.04. The van der Waals surface area contributed by atoms with Crippen LogP contribution in [-0.4, -0.2) is 72.3 Å². The minimum atomic E-state index is -3.54. The van der Waals surface area contributed by atoms with Gasteiger partial charge in [0.25, 0.3) is 0 Å². The number of sulfonamides is 1. The van der Waals surface area contributed by atoms with Gasteiger partial charge in [-0.2, -0.15) is 0 Å². The third kappa shape index (κ3) is 8.22. The Bertz CT molecular complexity index is 775. The van der Waals surface area contributed by atoms with E-state index in [1.165, 1.54) is 7.11 Å². The zero-order valence-electron chi connectivity index (χ0n) is 18.6. The van der Waals surface area contributed by atoms with Crippen molar-refractivity contribution >= 4 is 16.0 Å². The molecule has 0 radical (unpaired) electrons. The summed E-state index contributed by atoms with van der Waals surface area (Å²) in [5.41, 5.74) is 0.874. The number of nitrogens with one attached hydrogen (secondary N) is 3. The zero-order valence-corrected chi connectivity index (χ0v) is 19.5. The fraction of sp³-hybridized carbons (Fsp3) is 0.667. The van der Waals surface area contributed by atoms with Gasteiger partial charge in [-0.15, -0.1) is 0 Å². The summed E-state index contributed by atoms with van der Waals surface area (Å²) in [5, 5.41) is 6.79. The fourth-order valence-electron chi connectivity index (χ4n) is 3.53. The van der Waals surface area contributed by atoms with E-state index in [-0.39, 0.29) is 11.4 Å². The average Bonchev–Trinajstić information content (AvgIpc) is 2.72. The Morgan fingerprint density at radius 1 is 1.30 bits per heavy atom. The molecule has 0 atom stereocenters. The van der Waals surface area contributed by atoms with E-state index in [4.69, 9.17) is 4.74 Å². The Balaban J connectivity index is 1.85. The summed E-state index contributed by atoms with van der Waals surface area (Å²) in [7, 11) is -0.252. The first-order valence-electron chi connectivity index (χ1n) is 10.6. The van der Waals surface area contributed by atoms with Crippen LogP contribution in [0, 0.1) is 5.92 Å². The van der Waals surface area contributed by atoms with Gasteiger partial charge < -0.3 is 20.3 Å². The van der Waals surface area contributed by atoms with Crippen LogP contribution >= 0.6 is 0 Å². The van der Waals surface area contributed by atoms with Gasteiger partial charge in [-0.25, -0.2) is 13.1 Å². The Labute approximate surface area is 181 Å². The van der Waals surface area contributed by atoms with E-state index in [0.29, 0.717) is 25.1 Å². The van der Waals surface area contributed by atoms with Gasteiger partial charge in [0.15, 0.2) is 5.96 Å². The van der Waals surface area contributed by atoms with E-state index >= 15 is 0 Å². The van der Waals surface area contributed by atoms with Crippen molar-refractivity contribution in [3.8, 4) is 0 Å². The lowest BCUT2D eigenvalue weighted by Crippen LogP contribution is -2.49. The highest BCUT2D eigenvalue weighted by molar-refractivity contribution is 7.89. The molecular weight excluding hydrogens is 402 g/mol. The standard InChI is InChI=1S/C21H37N5O3S/c1-17(2)16-26-11-8-19(9-12-26)25-21(22-3)23-15-18-6-5-7-20(14-18)30(27,28)24-10-13-29-4/h5-7,14,17,19,24H,8-13,15-16H2,1-4H3,(H2,22,23,25). The molecule has 1 aliphatic rings. The molecule has 0 bridgehead atoms. The van der Waals surface area contributed by atoms with Crippen molar-refractivity contribution in [1.82, 2.24) is 20.3 Å². The van der Waals surface area contributed by atoms with Crippen LogP contribution in [0.5, 0.6) is 0 Å². The Kier molecular flexibility index (Phi) is 10.0. The summed E-state index contributed by atoms with van der Waals surface area (Å²) in [4.78, 5) is 7.09. The molecule has 1 heterocycles. The second-order valence-electron chi connectivity index (χ2n) is 8.08. The normalized spacial score (nSPS) is 16.8. The average molecular weight is 440 g/mol. The highest BCUT2D eigenvalue weighted by Gasteiger charge is 2.20. The summed E-state index contributed by atoms with van der Waals surface area (Å²) in [5.74, 6) is 1.43. The number of hydrogen-bond donors (Lipinski definition) is 3. The van der Waals surface area contributed by atoms with Gasteiger partial charge in [0.05, 0.1) is 11.5 Å². The molecule has 170 valence electrons. The van der Waals surface area contributed by atoms with E-state index in [2.05, 4.69) is 39.1 Å². The number of likely N-dealkylation sites (tertiary alicyclic amines) is 1. The molecule has 0 spiro atoms. The first-order chi connectivity index (χ1) is 14.3. The number of benzene rings is 1. The molecule has 30 heavy (non-hydrogen) atoms. The van der Waals surface area contributed by atoms with Gasteiger partial charge in [-0.1, -0.05) is 26.0 Å². The number of hydrogen-bond acceptors (Lipinski definition) is 5. The smallest absolute Gasteiger partial charge is 0.240 e. The number of methoxy groups -OCH3 is 1. The second-order valence-corrected chi connectivity index (χ2v) is 9.84. The number of piperidine rings is 1. The first-order valence-corrected chi connectivity index (χ1v) is 12.1. The number of guanidine groups is 1. The highest BCUT2D eigenvalue weighted by Crippen LogP contribution is 2.13. The van der Waals surface area contributed by atoms with Crippen molar-refractivity contribution in [3.05, 3.63) is 29.8 Å². The molecule has 0 saturated carbocycles. The Morgan fingerprint density at radius 3 is 2.67 bits per heavy atom. The maximum Gasteiger partial charge on any atom is 0.240 e. The topological polar surface area (TPSA) is 95.1 Å². The maximum absolute atomic E-state index is 12.4. The molecule has 9 heteroatoms. The second kappa shape index (κ2) is 12.2. The van der Waals surface area contributed by atoms with Crippen molar-refractivity contribution < 1.29 is 13.2 Å². The molecule has 0 aromatic heterocycles. The fourth-order valence-corrected chi connectivity index (χ4v) is 4.62. The molecular formula is C21H37N5O3S. The van der Waals surface area contributed by atoms with Crippen molar-refractivity contribution in [2.75, 3.05) is 46.9 Å². The quantitative estimate of drug-likeness (QED) is 0.290. The lowest BCUT2D eigenvalue weighted by Gasteiger charge is -2.34. The van der Waals surface area contributed by atoms with Crippen LogP contribution in [0.25, 0.3) is 0 Å². The van der Waals surface area contributed by atoms with Crippen molar-refractivity contribution in [3.63, 3.8) is 0 Å². The van der Waals surface area contributed by atoms with Crippen LogP contribution < -0.4 is 15.4 Å². The maximum atomic E-state index is 12.4. The largest absolute Gasteiger partial charge is 0.383 e. The number of ether oxygens (including phenoxy) is 1. The molecule has 1 aliphatic heterocycles. The SMILES string of the molecule is CN=C(NCc1cccc(S(=O)(=O)NCCOC)c1)NC1CCN(CC(C)C)CC1. The minimum Gasteiger partial charge on any atom is -0.383 e. The van der Waals surface area contributed by atoms with E-state index in [1.807, 2.05) is 6.07 Å². The summed E-state index contributed by atoms with van der Waals surface area (Å²) in [6.45, 7) is 8.93. The molecule has 1 aromatic rings. The monoisotopic (exact) mass is 439 g/mol. The molecule has 1 fully saturated rings. The van der Waals surface area contributed by atoms with Crippen molar-refractivity contribution in [1.29, 1.82) is 0 Å². The number of rotatable bonds is 10. The van der Waals surface area contributed by atoms with E-state index in [0.717, 1.165) is 44.0 Å². The molecule has 0 aliphatic carbocycles. The lowest BCUT2D eigenvalue weighted by atomic mass is 10.0. The number of aliphatic imine (C=N–C) groups is 1. The van der Waals surface area contributed by atoms with E-state index in [9.17, 15) is 8.42 Å². The van der Waals surface area contributed by atoms with Gasteiger partial charge in [0.1, 0.15) is 0 Å². The van der Waals surface area contributed by atoms with Gasteiger partial charge >= 0.3 is 0 Å². The summed E-state index contributed by atoms with van der Waals surface area (Å²) in [6, 6.07) is 7.33. The summed E-state index contributed by atoms with van der Waals surface area (Å²) in [6.07, 6.45) is 2.18. The van der Waals surface area contributed by atoms with Crippen LogP contribution in [0.2, 0.25) is 0 Å². The van der Waals surface area contributed by atoms with Crippen LogP contribution in [0.1, 0.15) is 32.3 Å². The molecule has 2 rings (SSSR count). The third-order valence-corrected chi connectivity index (χ3v) is 6.50. The van der Waals surface area contributed by atoms with Gasteiger partial charge in [-0.05, 0) is 36.5 Å². The van der Waals surface area contributed by atoms with E-state index < -0.39 is 10.0 Å². The van der Waals surface area contributed by atoms with Crippen LogP contribution in [0.3, 0.4) is 0 Å². The van der Waals surface area contributed by atoms with Crippen molar-refractivity contribution in [2.45, 2.75) is 44.2 Å². The molecule has 1 aromatic carbocycles. The summed E-state index contributed by atoms with van der Waals surface area (Å²) >= 11 is 0. The predicted molar refractivity (Wildman–Crippen MR) is 121 cm³/mol. The summed E-state index contributed by atoms with van der Waals surface area (Å²) < 4.78 is 32.2. The van der Waals surface area contributed by atoms with Gasteiger partial charge in [-0.3, -0.25) is 4.99 Å².